The number of nitrogens with zero attached hydrogens (tertiary/aromatic N) is 4. The highest BCUT2D eigenvalue weighted by Gasteiger charge is 2.29. The number of amides is 1. The summed E-state index contributed by atoms with van der Waals surface area (Å²) in [4.78, 5) is 29.4. The number of hydrogen-bond acceptors (Lipinski definition) is 6. The lowest BCUT2D eigenvalue weighted by Crippen LogP contribution is -2.37. The van der Waals surface area contributed by atoms with Gasteiger partial charge in [-0.15, -0.1) is 0 Å². The number of rotatable bonds is 11. The Morgan fingerprint density at radius 2 is 1.86 bits per heavy atom. The summed E-state index contributed by atoms with van der Waals surface area (Å²) < 4.78 is 11.6. The maximum absolute atomic E-state index is 13.3. The third-order valence-electron chi connectivity index (χ3n) is 6.21. The summed E-state index contributed by atoms with van der Waals surface area (Å²) in [5.41, 5.74) is 3.16. The lowest BCUT2D eigenvalue weighted by Gasteiger charge is -2.25. The van der Waals surface area contributed by atoms with E-state index in [2.05, 4.69) is 26.8 Å². The van der Waals surface area contributed by atoms with E-state index >= 15 is 0 Å². The Morgan fingerprint density at radius 1 is 1.06 bits per heavy atom. The summed E-state index contributed by atoms with van der Waals surface area (Å²) in [6, 6.07) is 11.8. The molecule has 1 atom stereocenters. The minimum atomic E-state index is -0.115. The lowest BCUT2D eigenvalue weighted by atomic mass is 10.2. The van der Waals surface area contributed by atoms with Gasteiger partial charge in [0.05, 0.1) is 26.4 Å². The van der Waals surface area contributed by atoms with Gasteiger partial charge >= 0.3 is 0 Å². The Labute approximate surface area is 207 Å². The smallest absolute Gasteiger partial charge is 0.237 e. The SMILES string of the molecule is CCCCc1ncc(CN2CC(=O)N(Cc3ccc(OC)cc3)C[C@H](OCc3ccncc3)C2)[nH]1. The second-order valence-corrected chi connectivity index (χ2v) is 9.04. The molecule has 8 nitrogen and oxygen atoms in total. The van der Waals surface area contributed by atoms with Crippen molar-refractivity contribution >= 4 is 5.91 Å². The van der Waals surface area contributed by atoms with Gasteiger partial charge in [-0.25, -0.2) is 4.98 Å². The van der Waals surface area contributed by atoms with Crippen molar-refractivity contribution in [1.29, 1.82) is 0 Å². The van der Waals surface area contributed by atoms with Crippen molar-refractivity contribution in [2.45, 2.75) is 52.0 Å². The first-order valence-corrected chi connectivity index (χ1v) is 12.3. The highest BCUT2D eigenvalue weighted by Crippen LogP contribution is 2.18. The van der Waals surface area contributed by atoms with Gasteiger partial charge in [-0.1, -0.05) is 25.5 Å². The first-order valence-electron chi connectivity index (χ1n) is 12.3. The van der Waals surface area contributed by atoms with Crippen LogP contribution in [0.1, 0.15) is 42.4 Å². The number of aromatic nitrogens is 3. The number of pyridine rings is 1. The second-order valence-electron chi connectivity index (χ2n) is 9.04. The lowest BCUT2D eigenvalue weighted by molar-refractivity contribution is -0.132. The van der Waals surface area contributed by atoms with Crippen molar-refractivity contribution in [3.8, 4) is 5.75 Å². The zero-order chi connectivity index (χ0) is 24.5. The maximum Gasteiger partial charge on any atom is 0.237 e. The van der Waals surface area contributed by atoms with Gasteiger partial charge in [0.2, 0.25) is 5.91 Å². The predicted molar refractivity (Wildman–Crippen MR) is 134 cm³/mol. The monoisotopic (exact) mass is 477 g/mol. The second kappa shape index (κ2) is 12.5. The Kier molecular flexibility index (Phi) is 8.86. The first-order chi connectivity index (χ1) is 17.1. The molecule has 35 heavy (non-hydrogen) atoms. The van der Waals surface area contributed by atoms with Crippen LogP contribution in [-0.4, -0.2) is 63.5 Å². The number of carbonyl (C=O) groups is 1. The van der Waals surface area contributed by atoms with E-state index in [1.807, 2.05) is 47.5 Å². The third-order valence-corrected chi connectivity index (χ3v) is 6.21. The number of unbranched alkanes of at least 4 members (excludes halogenated alkanes) is 1. The van der Waals surface area contributed by atoms with Crippen LogP contribution in [-0.2, 0) is 35.6 Å². The van der Waals surface area contributed by atoms with Crippen molar-refractivity contribution in [1.82, 2.24) is 24.8 Å². The van der Waals surface area contributed by atoms with Gasteiger partial charge in [0.1, 0.15) is 11.6 Å². The number of H-pyrrole nitrogens is 1. The van der Waals surface area contributed by atoms with E-state index in [0.717, 1.165) is 47.7 Å². The maximum atomic E-state index is 13.3. The molecule has 0 saturated carbocycles. The minimum Gasteiger partial charge on any atom is -0.497 e. The van der Waals surface area contributed by atoms with Crippen LogP contribution in [0.2, 0.25) is 0 Å². The molecule has 1 aromatic carbocycles. The highest BCUT2D eigenvalue weighted by molar-refractivity contribution is 5.78. The van der Waals surface area contributed by atoms with Gasteiger partial charge < -0.3 is 19.4 Å². The van der Waals surface area contributed by atoms with E-state index in [-0.39, 0.29) is 12.0 Å². The molecule has 3 heterocycles. The summed E-state index contributed by atoms with van der Waals surface area (Å²) in [5.74, 6) is 1.91. The van der Waals surface area contributed by atoms with Crippen molar-refractivity contribution < 1.29 is 14.3 Å². The van der Waals surface area contributed by atoms with E-state index in [0.29, 0.717) is 39.3 Å². The molecule has 0 bridgehead atoms. The summed E-state index contributed by atoms with van der Waals surface area (Å²) in [7, 11) is 1.65. The molecular weight excluding hydrogens is 442 g/mol. The van der Waals surface area contributed by atoms with Crippen LogP contribution in [0.3, 0.4) is 0 Å². The van der Waals surface area contributed by atoms with Crippen LogP contribution in [0.5, 0.6) is 5.75 Å². The quantitative estimate of drug-likeness (QED) is 0.455. The zero-order valence-electron chi connectivity index (χ0n) is 20.7. The van der Waals surface area contributed by atoms with Gasteiger partial charge in [-0.05, 0) is 41.8 Å². The van der Waals surface area contributed by atoms with Crippen LogP contribution in [0.4, 0.5) is 0 Å². The average Bonchev–Trinajstić information content (AvgIpc) is 3.27. The van der Waals surface area contributed by atoms with Crippen LogP contribution < -0.4 is 4.74 Å². The number of methoxy groups -OCH3 is 1. The van der Waals surface area contributed by atoms with Gasteiger partial charge in [-0.3, -0.25) is 14.7 Å². The Bertz CT molecular complexity index is 1050. The molecule has 4 rings (SSSR count). The zero-order valence-corrected chi connectivity index (χ0v) is 20.7. The number of carbonyl (C=O) groups excluding carboxylic acids is 1. The minimum absolute atomic E-state index is 0.0987. The molecule has 2 aromatic heterocycles. The van der Waals surface area contributed by atoms with Crippen molar-refractivity contribution in [2.75, 3.05) is 26.7 Å². The van der Waals surface area contributed by atoms with Crippen LogP contribution >= 0.6 is 0 Å². The van der Waals surface area contributed by atoms with E-state index < -0.39 is 0 Å². The van der Waals surface area contributed by atoms with E-state index in [9.17, 15) is 4.79 Å². The molecule has 8 heteroatoms. The number of nitrogens with one attached hydrogen (secondary N) is 1. The fourth-order valence-corrected chi connectivity index (χ4v) is 4.27. The molecular formula is C27H35N5O3. The van der Waals surface area contributed by atoms with E-state index in [1.54, 1.807) is 19.5 Å². The molecule has 0 spiro atoms. The van der Waals surface area contributed by atoms with Crippen LogP contribution in [0.25, 0.3) is 0 Å². The van der Waals surface area contributed by atoms with Gasteiger partial charge in [0.15, 0.2) is 0 Å². The summed E-state index contributed by atoms with van der Waals surface area (Å²) in [6.45, 7) is 5.38. The largest absolute Gasteiger partial charge is 0.497 e. The first kappa shape index (κ1) is 24.9. The summed E-state index contributed by atoms with van der Waals surface area (Å²) in [5, 5.41) is 0. The number of ether oxygens (including phenoxy) is 2. The Hall–Kier alpha value is -3.23. The molecule has 3 aromatic rings. The number of aryl methyl sites for hydroxylation is 1. The molecule has 0 radical (unpaired) electrons. The fourth-order valence-electron chi connectivity index (χ4n) is 4.27. The molecule has 1 N–H and O–H groups in total. The molecule has 1 saturated heterocycles. The standard InChI is InChI=1S/C27H35N5O3/c1-3-4-5-26-29-14-23(30-26)16-31-17-25(35-20-22-10-12-28-13-11-22)18-32(27(33)19-31)15-21-6-8-24(34-2)9-7-21/h6-14,25H,3-5,15-20H2,1-2H3,(H,29,30)/t25-/m1/s1. The highest BCUT2D eigenvalue weighted by atomic mass is 16.5. The summed E-state index contributed by atoms with van der Waals surface area (Å²) in [6.07, 6.45) is 8.51. The normalized spacial score (nSPS) is 16.9. The van der Waals surface area contributed by atoms with E-state index in [4.69, 9.17) is 9.47 Å². The number of benzene rings is 1. The molecule has 1 aliphatic heterocycles. The molecule has 1 amide bonds. The molecule has 0 aliphatic carbocycles. The molecule has 0 unspecified atom stereocenters. The molecule has 186 valence electrons. The van der Waals surface area contributed by atoms with Crippen molar-refractivity contribution in [3.05, 3.63) is 77.6 Å². The average molecular weight is 478 g/mol. The number of aromatic amines is 1. The molecule has 1 fully saturated rings. The van der Waals surface area contributed by atoms with Crippen LogP contribution in [0, 0.1) is 0 Å². The Morgan fingerprint density at radius 3 is 2.60 bits per heavy atom. The van der Waals surface area contributed by atoms with Gasteiger partial charge in [-0.2, -0.15) is 0 Å². The number of imidazole rings is 1. The molecule has 1 aliphatic rings. The predicted octanol–water partition coefficient (Wildman–Crippen LogP) is 3.59. The topological polar surface area (TPSA) is 83.6 Å². The van der Waals surface area contributed by atoms with Crippen molar-refractivity contribution in [2.24, 2.45) is 0 Å². The fraction of sp³-hybridized carbons (Fsp3) is 0.444. The third kappa shape index (κ3) is 7.37. The van der Waals surface area contributed by atoms with E-state index in [1.165, 1.54) is 0 Å². The Balaban J connectivity index is 1.45. The van der Waals surface area contributed by atoms with Gasteiger partial charge in [0.25, 0.3) is 0 Å². The van der Waals surface area contributed by atoms with Crippen molar-refractivity contribution in [3.63, 3.8) is 0 Å². The van der Waals surface area contributed by atoms with Gasteiger partial charge in [0, 0.05) is 56.9 Å². The van der Waals surface area contributed by atoms with Crippen LogP contribution in [0.15, 0.2) is 55.0 Å². The number of hydrogen-bond donors (Lipinski definition) is 1. The summed E-state index contributed by atoms with van der Waals surface area (Å²) >= 11 is 0.